The summed E-state index contributed by atoms with van der Waals surface area (Å²) in [4.78, 5) is 0.153. The van der Waals surface area contributed by atoms with E-state index in [1.807, 2.05) is 0 Å². The Hall–Kier alpha value is -1.35. The molecule has 1 heterocycles. The molecule has 2 aromatic rings. The van der Waals surface area contributed by atoms with Gasteiger partial charge in [-0.15, -0.1) is 16.8 Å². The van der Waals surface area contributed by atoms with Crippen molar-refractivity contribution in [3.63, 3.8) is 0 Å². The van der Waals surface area contributed by atoms with Gasteiger partial charge in [-0.2, -0.15) is 0 Å². The van der Waals surface area contributed by atoms with Crippen LogP contribution >= 0.6 is 23.4 Å². The van der Waals surface area contributed by atoms with Gasteiger partial charge in [-0.3, -0.25) is 0 Å². The molecule has 0 saturated heterocycles. The molecule has 0 aliphatic rings. The number of nitrogens with one attached hydrogen (secondary N) is 1. The average Bonchev–Trinajstić information content (AvgIpc) is 2.84. The van der Waals surface area contributed by atoms with E-state index in [-0.39, 0.29) is 11.4 Å². The Morgan fingerprint density at radius 1 is 1.36 bits per heavy atom. The van der Waals surface area contributed by atoms with Gasteiger partial charge in [0.25, 0.3) is 0 Å². The van der Waals surface area contributed by atoms with Crippen molar-refractivity contribution in [3.8, 4) is 0 Å². The highest BCUT2D eigenvalue weighted by atomic mass is 35.5. The van der Waals surface area contributed by atoms with Gasteiger partial charge in [0.2, 0.25) is 10.0 Å². The molecule has 2 rings (SSSR count). The van der Waals surface area contributed by atoms with Crippen molar-refractivity contribution in [1.29, 1.82) is 0 Å². The monoisotopic (exact) mass is 358 g/mol. The van der Waals surface area contributed by atoms with Gasteiger partial charge in [-0.1, -0.05) is 29.4 Å². The molecule has 1 aromatic carbocycles. The quantitative estimate of drug-likeness (QED) is 0.606. The molecule has 0 aliphatic heterocycles. The van der Waals surface area contributed by atoms with Crippen LogP contribution in [0.1, 0.15) is 5.82 Å². The minimum Gasteiger partial charge on any atom is -0.308 e. The van der Waals surface area contributed by atoms with E-state index in [2.05, 4.69) is 21.5 Å². The fraction of sp³-hybridized carbons (Fsp3) is 0.231. The van der Waals surface area contributed by atoms with Crippen molar-refractivity contribution in [3.05, 3.63) is 47.8 Å². The third kappa shape index (κ3) is 4.10. The summed E-state index contributed by atoms with van der Waals surface area (Å²) in [5, 5.41) is 9.19. The number of rotatable bonds is 7. The number of nitrogens with zero attached hydrogens (tertiary/aromatic N) is 3. The Labute approximate surface area is 138 Å². The maximum atomic E-state index is 12.2. The number of hydrogen-bond donors (Lipinski definition) is 1. The van der Waals surface area contributed by atoms with Gasteiger partial charge < -0.3 is 4.57 Å². The van der Waals surface area contributed by atoms with E-state index < -0.39 is 10.0 Å². The van der Waals surface area contributed by atoms with Crippen LogP contribution in [-0.2, 0) is 23.6 Å². The third-order valence-corrected chi connectivity index (χ3v) is 5.48. The predicted molar refractivity (Wildman–Crippen MR) is 87.4 cm³/mol. The molecule has 1 N–H and O–H groups in total. The summed E-state index contributed by atoms with van der Waals surface area (Å²) in [6.07, 6.45) is 1.77. The molecule has 0 amide bonds. The summed E-state index contributed by atoms with van der Waals surface area (Å²) in [6, 6.07) is 5.96. The third-order valence-electron chi connectivity index (χ3n) is 2.80. The Bertz CT molecular complexity index is 757. The van der Waals surface area contributed by atoms with Crippen LogP contribution in [-0.4, -0.2) is 28.9 Å². The van der Waals surface area contributed by atoms with Gasteiger partial charge in [0.15, 0.2) is 5.16 Å². The molecule has 1 aromatic heterocycles. The Kier molecular flexibility index (Phi) is 5.63. The van der Waals surface area contributed by atoms with Crippen LogP contribution in [0.3, 0.4) is 0 Å². The molecule has 0 bridgehead atoms. The first-order valence-electron chi connectivity index (χ1n) is 6.31. The maximum absolute atomic E-state index is 12.2. The number of hydrogen-bond acceptors (Lipinski definition) is 5. The fourth-order valence-corrected chi connectivity index (χ4v) is 3.39. The molecule has 0 atom stereocenters. The zero-order valence-electron chi connectivity index (χ0n) is 11.9. The molecule has 0 saturated carbocycles. The van der Waals surface area contributed by atoms with Crippen molar-refractivity contribution in [2.24, 2.45) is 7.05 Å². The van der Waals surface area contributed by atoms with E-state index in [0.29, 0.717) is 21.8 Å². The average molecular weight is 359 g/mol. The molecule has 118 valence electrons. The van der Waals surface area contributed by atoms with Crippen molar-refractivity contribution >= 4 is 33.4 Å². The van der Waals surface area contributed by atoms with Crippen molar-refractivity contribution in [2.45, 2.75) is 16.6 Å². The second-order valence-corrected chi connectivity index (χ2v) is 7.53. The standard InChI is InChI=1S/C13H15ClN4O2S2/c1-3-8-21-13-17-16-12(18(13)2)9-15-22(19,20)11-6-4-10(14)5-7-11/h3-7,15H,1,8-9H2,2H3. The second-order valence-electron chi connectivity index (χ2n) is 4.34. The first-order valence-corrected chi connectivity index (χ1v) is 9.16. The van der Waals surface area contributed by atoms with Gasteiger partial charge in [0.1, 0.15) is 5.82 Å². The normalized spacial score (nSPS) is 11.5. The second kappa shape index (κ2) is 7.28. The topological polar surface area (TPSA) is 76.9 Å². The zero-order chi connectivity index (χ0) is 16.2. The van der Waals surface area contributed by atoms with E-state index in [4.69, 9.17) is 11.6 Å². The number of thioether (sulfide) groups is 1. The molecule has 0 radical (unpaired) electrons. The molecule has 9 heteroatoms. The molecule has 0 unspecified atom stereocenters. The molecule has 0 spiro atoms. The number of aromatic nitrogens is 3. The largest absolute Gasteiger partial charge is 0.308 e. The van der Waals surface area contributed by atoms with Crippen LogP contribution in [0.4, 0.5) is 0 Å². The van der Waals surface area contributed by atoms with E-state index in [9.17, 15) is 8.42 Å². The lowest BCUT2D eigenvalue weighted by molar-refractivity contribution is 0.576. The summed E-state index contributed by atoms with van der Waals surface area (Å²) < 4.78 is 28.6. The van der Waals surface area contributed by atoms with E-state index in [0.717, 1.165) is 0 Å². The molecule has 22 heavy (non-hydrogen) atoms. The zero-order valence-corrected chi connectivity index (χ0v) is 14.2. The van der Waals surface area contributed by atoms with Crippen LogP contribution in [0.15, 0.2) is 47.0 Å². The van der Waals surface area contributed by atoms with Gasteiger partial charge >= 0.3 is 0 Å². The van der Waals surface area contributed by atoms with Crippen LogP contribution in [0.25, 0.3) is 0 Å². The SMILES string of the molecule is C=CCSc1nnc(CNS(=O)(=O)c2ccc(Cl)cc2)n1C. The summed E-state index contributed by atoms with van der Waals surface area (Å²) in [7, 11) is -1.82. The van der Waals surface area contributed by atoms with Gasteiger partial charge in [-0.05, 0) is 24.3 Å². The van der Waals surface area contributed by atoms with Crippen molar-refractivity contribution in [1.82, 2.24) is 19.5 Å². The van der Waals surface area contributed by atoms with Crippen LogP contribution in [0.2, 0.25) is 5.02 Å². The summed E-state index contributed by atoms with van der Waals surface area (Å²) in [5.41, 5.74) is 0. The molecule has 6 nitrogen and oxygen atoms in total. The highest BCUT2D eigenvalue weighted by Gasteiger charge is 2.16. The van der Waals surface area contributed by atoms with Crippen molar-refractivity contribution < 1.29 is 8.42 Å². The molecular formula is C13H15ClN4O2S2. The highest BCUT2D eigenvalue weighted by Crippen LogP contribution is 2.16. The number of sulfonamides is 1. The minimum atomic E-state index is -3.61. The smallest absolute Gasteiger partial charge is 0.240 e. The fourth-order valence-electron chi connectivity index (χ4n) is 1.61. The summed E-state index contributed by atoms with van der Waals surface area (Å²) in [5.74, 6) is 1.24. The maximum Gasteiger partial charge on any atom is 0.240 e. The highest BCUT2D eigenvalue weighted by molar-refractivity contribution is 7.99. The van der Waals surface area contributed by atoms with Gasteiger partial charge in [0, 0.05) is 17.8 Å². The Balaban J connectivity index is 2.07. The Morgan fingerprint density at radius 2 is 2.05 bits per heavy atom. The Morgan fingerprint density at radius 3 is 2.68 bits per heavy atom. The van der Waals surface area contributed by atoms with Crippen LogP contribution in [0, 0.1) is 0 Å². The number of halogens is 1. The molecule has 0 aliphatic carbocycles. The summed E-state index contributed by atoms with van der Waals surface area (Å²) in [6.45, 7) is 3.70. The van der Waals surface area contributed by atoms with Crippen LogP contribution in [0.5, 0.6) is 0 Å². The van der Waals surface area contributed by atoms with E-state index in [1.54, 1.807) is 17.7 Å². The first kappa shape index (κ1) is 17.0. The number of benzene rings is 1. The molecular weight excluding hydrogens is 344 g/mol. The lowest BCUT2D eigenvalue weighted by Gasteiger charge is -2.07. The minimum absolute atomic E-state index is 0.0586. The van der Waals surface area contributed by atoms with Crippen molar-refractivity contribution in [2.75, 3.05) is 5.75 Å². The van der Waals surface area contributed by atoms with E-state index in [1.165, 1.54) is 36.0 Å². The van der Waals surface area contributed by atoms with Gasteiger partial charge in [0.05, 0.1) is 11.4 Å². The lowest BCUT2D eigenvalue weighted by atomic mass is 10.4. The summed E-state index contributed by atoms with van der Waals surface area (Å²) >= 11 is 7.23. The van der Waals surface area contributed by atoms with E-state index >= 15 is 0 Å². The van der Waals surface area contributed by atoms with Crippen LogP contribution < -0.4 is 4.72 Å². The first-order chi connectivity index (χ1) is 10.4. The lowest BCUT2D eigenvalue weighted by Crippen LogP contribution is -2.24. The molecule has 0 fully saturated rings. The van der Waals surface area contributed by atoms with Gasteiger partial charge in [-0.25, -0.2) is 13.1 Å². The predicted octanol–water partition coefficient (Wildman–Crippen LogP) is 2.23.